The maximum absolute atomic E-state index is 11.4. The Bertz CT molecular complexity index is 593. The zero-order valence-corrected chi connectivity index (χ0v) is 11.3. The van der Waals surface area contributed by atoms with Crippen molar-refractivity contribution >= 4 is 16.9 Å². The van der Waals surface area contributed by atoms with Crippen molar-refractivity contribution in [3.8, 4) is 0 Å². The average Bonchev–Trinajstić information content (AvgIpc) is 2.43. The number of hydrogen-bond acceptors (Lipinski definition) is 4. The number of methoxy groups -OCH3 is 1. The highest BCUT2D eigenvalue weighted by atomic mass is 16.5. The number of pyridine rings is 1. The summed E-state index contributed by atoms with van der Waals surface area (Å²) in [6.07, 6.45) is 0.180. The molecule has 0 amide bonds. The Hall–Kier alpha value is -1.94. The summed E-state index contributed by atoms with van der Waals surface area (Å²) in [4.78, 5) is 15.9. The van der Waals surface area contributed by atoms with Crippen LogP contribution in [0.25, 0.3) is 10.9 Å². The van der Waals surface area contributed by atoms with Crippen molar-refractivity contribution < 1.29 is 14.3 Å². The largest absolute Gasteiger partial charge is 0.465 e. The van der Waals surface area contributed by atoms with Crippen LogP contribution in [0.3, 0.4) is 0 Å². The first-order valence-corrected chi connectivity index (χ1v) is 6.20. The summed E-state index contributed by atoms with van der Waals surface area (Å²) in [5.41, 5.74) is 2.26. The summed E-state index contributed by atoms with van der Waals surface area (Å²) in [6, 6.07) is 9.16. The summed E-state index contributed by atoms with van der Waals surface area (Å²) in [5, 5.41) is 0.913. The van der Waals surface area contributed by atoms with Crippen molar-refractivity contribution in [2.45, 2.75) is 26.6 Å². The predicted molar refractivity (Wildman–Crippen MR) is 73.0 cm³/mol. The van der Waals surface area contributed by atoms with E-state index in [-0.39, 0.29) is 12.1 Å². The highest BCUT2D eigenvalue weighted by molar-refractivity contribution is 5.94. The molecule has 2 rings (SSSR count). The van der Waals surface area contributed by atoms with E-state index in [2.05, 4.69) is 4.98 Å². The molecule has 0 bridgehead atoms. The average molecular weight is 259 g/mol. The van der Waals surface area contributed by atoms with Gasteiger partial charge in [-0.15, -0.1) is 0 Å². The van der Waals surface area contributed by atoms with Crippen LogP contribution < -0.4 is 0 Å². The predicted octanol–water partition coefficient (Wildman–Crippen LogP) is 2.95. The lowest BCUT2D eigenvalue weighted by atomic mass is 10.1. The number of benzene rings is 1. The van der Waals surface area contributed by atoms with Crippen molar-refractivity contribution in [2.24, 2.45) is 0 Å². The van der Waals surface area contributed by atoms with Crippen LogP contribution >= 0.6 is 0 Å². The standard InChI is InChI=1S/C15H17NO3/c1-10(2)19-9-13-6-4-11-8-12(15(17)18-3)5-7-14(11)16-13/h4-8,10H,9H2,1-3H3. The molecule has 2 aromatic rings. The van der Waals surface area contributed by atoms with Crippen molar-refractivity contribution in [2.75, 3.05) is 7.11 Å². The van der Waals surface area contributed by atoms with Gasteiger partial charge in [-0.3, -0.25) is 4.98 Å². The number of esters is 1. The van der Waals surface area contributed by atoms with E-state index >= 15 is 0 Å². The third-order valence-corrected chi connectivity index (χ3v) is 2.73. The molecular weight excluding hydrogens is 242 g/mol. The van der Waals surface area contributed by atoms with Crippen LogP contribution in [0.4, 0.5) is 0 Å². The number of ether oxygens (including phenoxy) is 2. The molecule has 0 spiro atoms. The number of carbonyl (C=O) groups excluding carboxylic acids is 1. The number of aromatic nitrogens is 1. The summed E-state index contributed by atoms with van der Waals surface area (Å²) in [5.74, 6) is -0.339. The molecular formula is C15H17NO3. The van der Waals surface area contributed by atoms with E-state index in [4.69, 9.17) is 9.47 Å². The first-order chi connectivity index (χ1) is 9.10. The van der Waals surface area contributed by atoms with E-state index in [1.165, 1.54) is 7.11 Å². The molecule has 1 heterocycles. The van der Waals surface area contributed by atoms with Crippen molar-refractivity contribution in [3.05, 3.63) is 41.6 Å². The Labute approximate surface area is 112 Å². The lowest BCUT2D eigenvalue weighted by Crippen LogP contribution is -2.04. The van der Waals surface area contributed by atoms with E-state index in [0.29, 0.717) is 12.2 Å². The molecule has 1 aromatic carbocycles. The highest BCUT2D eigenvalue weighted by Gasteiger charge is 2.07. The molecule has 4 heteroatoms. The molecule has 0 aliphatic carbocycles. The molecule has 100 valence electrons. The molecule has 1 aromatic heterocycles. The van der Waals surface area contributed by atoms with Crippen LogP contribution in [0, 0.1) is 0 Å². The fourth-order valence-electron chi connectivity index (χ4n) is 1.75. The third-order valence-electron chi connectivity index (χ3n) is 2.73. The van der Waals surface area contributed by atoms with Crippen LogP contribution in [0.5, 0.6) is 0 Å². The molecule has 0 N–H and O–H groups in total. The van der Waals surface area contributed by atoms with Gasteiger partial charge in [-0.25, -0.2) is 4.79 Å². The topological polar surface area (TPSA) is 48.4 Å². The number of rotatable bonds is 4. The van der Waals surface area contributed by atoms with Gasteiger partial charge in [0, 0.05) is 5.39 Å². The van der Waals surface area contributed by atoms with Crippen molar-refractivity contribution in [3.63, 3.8) is 0 Å². The zero-order valence-electron chi connectivity index (χ0n) is 11.3. The molecule has 0 fully saturated rings. The summed E-state index contributed by atoms with van der Waals surface area (Å²) in [7, 11) is 1.37. The quantitative estimate of drug-likeness (QED) is 0.792. The van der Waals surface area contributed by atoms with Gasteiger partial charge in [-0.1, -0.05) is 6.07 Å². The second-order valence-corrected chi connectivity index (χ2v) is 4.56. The Kier molecular flexibility index (Phi) is 4.12. The third kappa shape index (κ3) is 3.29. The first-order valence-electron chi connectivity index (χ1n) is 6.20. The molecule has 19 heavy (non-hydrogen) atoms. The lowest BCUT2D eigenvalue weighted by Gasteiger charge is -2.08. The van der Waals surface area contributed by atoms with Gasteiger partial charge in [0.1, 0.15) is 0 Å². The molecule has 0 atom stereocenters. The normalized spacial score (nSPS) is 10.9. The Morgan fingerprint density at radius 1 is 1.26 bits per heavy atom. The smallest absolute Gasteiger partial charge is 0.337 e. The number of carbonyl (C=O) groups is 1. The van der Waals surface area contributed by atoms with Gasteiger partial charge in [0.15, 0.2) is 0 Å². The van der Waals surface area contributed by atoms with Crippen molar-refractivity contribution in [1.29, 1.82) is 0 Å². The Morgan fingerprint density at radius 3 is 2.74 bits per heavy atom. The number of nitrogens with zero attached hydrogens (tertiary/aromatic N) is 1. The van der Waals surface area contributed by atoms with Gasteiger partial charge >= 0.3 is 5.97 Å². The van der Waals surface area contributed by atoms with Gasteiger partial charge < -0.3 is 9.47 Å². The summed E-state index contributed by atoms with van der Waals surface area (Å²) in [6.45, 7) is 4.47. The van der Waals surface area contributed by atoms with Crippen LogP contribution in [-0.4, -0.2) is 24.2 Å². The van der Waals surface area contributed by atoms with E-state index in [0.717, 1.165) is 16.6 Å². The molecule has 0 radical (unpaired) electrons. The van der Waals surface area contributed by atoms with Gasteiger partial charge in [-0.05, 0) is 38.1 Å². The van der Waals surface area contributed by atoms with Gasteiger partial charge in [0.05, 0.1) is 36.6 Å². The highest BCUT2D eigenvalue weighted by Crippen LogP contribution is 2.16. The van der Waals surface area contributed by atoms with E-state index in [1.807, 2.05) is 32.0 Å². The van der Waals surface area contributed by atoms with E-state index in [1.54, 1.807) is 12.1 Å². The molecule has 0 saturated heterocycles. The molecule has 0 saturated carbocycles. The monoisotopic (exact) mass is 259 g/mol. The molecule has 0 aliphatic rings. The van der Waals surface area contributed by atoms with Crippen LogP contribution in [-0.2, 0) is 16.1 Å². The van der Waals surface area contributed by atoms with Crippen molar-refractivity contribution in [1.82, 2.24) is 4.98 Å². The van der Waals surface area contributed by atoms with E-state index < -0.39 is 0 Å². The maximum Gasteiger partial charge on any atom is 0.337 e. The molecule has 0 unspecified atom stereocenters. The number of fused-ring (bicyclic) bond motifs is 1. The van der Waals surface area contributed by atoms with Crippen LogP contribution in [0.1, 0.15) is 29.9 Å². The minimum Gasteiger partial charge on any atom is -0.465 e. The first kappa shape index (κ1) is 13.5. The SMILES string of the molecule is COC(=O)c1ccc2nc(COC(C)C)ccc2c1. The lowest BCUT2D eigenvalue weighted by molar-refractivity contribution is 0.0600. The maximum atomic E-state index is 11.4. The van der Waals surface area contributed by atoms with E-state index in [9.17, 15) is 4.79 Å². The minimum absolute atomic E-state index is 0.180. The Morgan fingerprint density at radius 2 is 2.05 bits per heavy atom. The van der Waals surface area contributed by atoms with Gasteiger partial charge in [-0.2, -0.15) is 0 Å². The summed E-state index contributed by atoms with van der Waals surface area (Å²) < 4.78 is 10.2. The second-order valence-electron chi connectivity index (χ2n) is 4.56. The Balaban J connectivity index is 2.27. The van der Waals surface area contributed by atoms with Gasteiger partial charge in [0.25, 0.3) is 0 Å². The zero-order chi connectivity index (χ0) is 13.8. The summed E-state index contributed by atoms with van der Waals surface area (Å²) >= 11 is 0. The van der Waals surface area contributed by atoms with Crippen LogP contribution in [0.15, 0.2) is 30.3 Å². The molecule has 4 nitrogen and oxygen atoms in total. The van der Waals surface area contributed by atoms with Gasteiger partial charge in [0.2, 0.25) is 0 Å². The fraction of sp³-hybridized carbons (Fsp3) is 0.333. The second kappa shape index (κ2) is 5.80. The molecule has 0 aliphatic heterocycles. The van der Waals surface area contributed by atoms with Crippen LogP contribution in [0.2, 0.25) is 0 Å². The fourth-order valence-corrected chi connectivity index (χ4v) is 1.75. The minimum atomic E-state index is -0.339. The number of hydrogen-bond donors (Lipinski definition) is 0.